The smallest absolute Gasteiger partial charge is 0.209 e. The van der Waals surface area contributed by atoms with Gasteiger partial charge in [0.25, 0.3) is 0 Å². The van der Waals surface area contributed by atoms with Gasteiger partial charge in [-0.2, -0.15) is 5.10 Å². The summed E-state index contributed by atoms with van der Waals surface area (Å²) < 4.78 is 3.73. The summed E-state index contributed by atoms with van der Waals surface area (Å²) in [4.78, 5) is 4.28. The minimum Gasteiger partial charge on any atom is -0.315 e. The van der Waals surface area contributed by atoms with Gasteiger partial charge >= 0.3 is 0 Å². The Labute approximate surface area is 122 Å². The highest BCUT2D eigenvalue weighted by Gasteiger charge is 2.11. The van der Waals surface area contributed by atoms with E-state index in [4.69, 9.17) is 0 Å². The van der Waals surface area contributed by atoms with Crippen molar-refractivity contribution < 1.29 is 0 Å². The number of thioether (sulfide) groups is 1. The maximum Gasteiger partial charge on any atom is 0.209 e. The summed E-state index contributed by atoms with van der Waals surface area (Å²) in [5.74, 6) is 1.64. The van der Waals surface area contributed by atoms with Crippen LogP contribution >= 0.6 is 11.8 Å². The van der Waals surface area contributed by atoms with Gasteiger partial charge in [0.05, 0.1) is 12.3 Å². The van der Waals surface area contributed by atoms with Gasteiger partial charge in [-0.05, 0) is 30.8 Å². The van der Waals surface area contributed by atoms with E-state index in [2.05, 4.69) is 51.7 Å². The summed E-state index contributed by atoms with van der Waals surface area (Å²) in [7, 11) is 0. The summed E-state index contributed by atoms with van der Waals surface area (Å²) >= 11 is 1.58. The lowest BCUT2D eigenvalue weighted by molar-refractivity contribution is 0.511. The van der Waals surface area contributed by atoms with Crippen molar-refractivity contribution in [1.82, 2.24) is 40.3 Å². The topological polar surface area (TPSA) is 86.3 Å². The van der Waals surface area contributed by atoms with E-state index >= 15 is 0 Å². The van der Waals surface area contributed by atoms with Crippen molar-refractivity contribution in [2.24, 2.45) is 0 Å². The van der Waals surface area contributed by atoms with Crippen molar-refractivity contribution in [1.29, 1.82) is 0 Å². The monoisotopic (exact) mass is 296 g/mol. The lowest BCUT2D eigenvalue weighted by Gasteiger charge is -2.09. The van der Waals surface area contributed by atoms with Crippen molar-refractivity contribution in [2.45, 2.75) is 44.3 Å². The van der Waals surface area contributed by atoms with Gasteiger partial charge in [0, 0.05) is 12.6 Å². The zero-order valence-corrected chi connectivity index (χ0v) is 12.8. The molecule has 2 rings (SSSR count). The number of nitrogens with zero attached hydrogens (tertiary/aromatic N) is 7. The molecule has 110 valence electrons. The second-order valence-corrected chi connectivity index (χ2v) is 5.48. The molecule has 0 aliphatic rings. The molecule has 0 fully saturated rings. The fraction of sp³-hybridized carbons (Fsp3) is 0.727. The van der Waals surface area contributed by atoms with Gasteiger partial charge in [-0.15, -0.1) is 5.10 Å². The highest BCUT2D eigenvalue weighted by molar-refractivity contribution is 7.98. The van der Waals surface area contributed by atoms with Crippen molar-refractivity contribution in [2.75, 3.05) is 13.1 Å². The lowest BCUT2D eigenvalue weighted by atomic mass is 10.4. The first-order valence-corrected chi connectivity index (χ1v) is 7.69. The van der Waals surface area contributed by atoms with Crippen LogP contribution in [0.5, 0.6) is 0 Å². The maximum absolute atomic E-state index is 4.28. The van der Waals surface area contributed by atoms with E-state index in [-0.39, 0.29) is 0 Å². The van der Waals surface area contributed by atoms with Crippen LogP contribution in [-0.4, -0.2) is 48.1 Å². The first-order chi connectivity index (χ1) is 9.72. The normalized spacial score (nSPS) is 11.4. The molecule has 2 heterocycles. The van der Waals surface area contributed by atoms with E-state index in [1.54, 1.807) is 18.1 Å². The van der Waals surface area contributed by atoms with E-state index in [0.717, 1.165) is 30.6 Å². The number of hydrogen-bond acceptors (Lipinski definition) is 7. The molecule has 8 nitrogen and oxygen atoms in total. The van der Waals surface area contributed by atoms with E-state index in [1.165, 1.54) is 0 Å². The van der Waals surface area contributed by atoms with Crippen molar-refractivity contribution >= 4 is 11.8 Å². The Morgan fingerprint density at radius 1 is 1.40 bits per heavy atom. The second-order valence-electron chi connectivity index (χ2n) is 4.54. The second kappa shape index (κ2) is 7.34. The summed E-state index contributed by atoms with van der Waals surface area (Å²) in [5.41, 5.74) is 0. The molecule has 1 N–H and O–H groups in total. The molecule has 0 atom stereocenters. The lowest BCUT2D eigenvalue weighted by Crippen LogP contribution is -2.20. The third kappa shape index (κ3) is 3.76. The average Bonchev–Trinajstić information content (AvgIpc) is 3.05. The number of aromatic nitrogens is 7. The molecule has 9 heteroatoms. The third-order valence-corrected chi connectivity index (χ3v) is 3.67. The first kappa shape index (κ1) is 14.9. The largest absolute Gasteiger partial charge is 0.315 e. The molecule has 0 saturated heterocycles. The minimum atomic E-state index is 0.304. The van der Waals surface area contributed by atoms with Crippen LogP contribution in [0, 0.1) is 0 Å². The van der Waals surface area contributed by atoms with Gasteiger partial charge in [0.15, 0.2) is 0 Å². The van der Waals surface area contributed by atoms with Gasteiger partial charge in [-0.3, -0.25) is 0 Å². The Morgan fingerprint density at radius 3 is 3.00 bits per heavy atom. The van der Waals surface area contributed by atoms with E-state index in [0.29, 0.717) is 11.8 Å². The molecule has 0 aliphatic heterocycles. The minimum absolute atomic E-state index is 0.304. The Balaban J connectivity index is 1.93. The molecule has 2 aromatic heterocycles. The van der Waals surface area contributed by atoms with Crippen molar-refractivity contribution in [3.8, 4) is 0 Å². The fourth-order valence-corrected chi connectivity index (χ4v) is 2.58. The first-order valence-electron chi connectivity index (χ1n) is 6.70. The highest BCUT2D eigenvalue weighted by Crippen LogP contribution is 2.19. The Bertz CT molecular complexity index is 520. The average molecular weight is 296 g/mol. The molecule has 0 amide bonds. The SMILES string of the molecule is CCNCCn1nnnc1SCc1ncnn1C(C)C. The van der Waals surface area contributed by atoms with Gasteiger partial charge in [0.1, 0.15) is 12.2 Å². The molecule has 0 bridgehead atoms. The number of hydrogen-bond donors (Lipinski definition) is 1. The molecule has 0 unspecified atom stereocenters. The Morgan fingerprint density at radius 2 is 2.25 bits per heavy atom. The fourth-order valence-electron chi connectivity index (χ4n) is 1.74. The number of tetrazole rings is 1. The van der Waals surface area contributed by atoms with Crippen LogP contribution in [0.15, 0.2) is 11.5 Å². The van der Waals surface area contributed by atoms with Crippen LogP contribution in [0.3, 0.4) is 0 Å². The summed E-state index contributed by atoms with van der Waals surface area (Å²) in [6, 6.07) is 0.304. The van der Waals surface area contributed by atoms with Crippen LogP contribution in [0.4, 0.5) is 0 Å². The van der Waals surface area contributed by atoms with Crippen LogP contribution in [-0.2, 0) is 12.3 Å². The zero-order valence-electron chi connectivity index (χ0n) is 12.0. The van der Waals surface area contributed by atoms with Crippen LogP contribution in [0.2, 0.25) is 0 Å². The summed E-state index contributed by atoms with van der Waals surface area (Å²) in [6.07, 6.45) is 1.59. The summed E-state index contributed by atoms with van der Waals surface area (Å²) in [6.45, 7) is 8.82. The number of likely N-dealkylation sites (N-methyl/N-ethyl adjacent to an activating group) is 1. The van der Waals surface area contributed by atoms with Gasteiger partial charge < -0.3 is 5.32 Å². The standard InChI is InChI=1S/C11H20N8S/c1-4-12-5-6-18-11(15-16-17-18)20-7-10-13-8-14-19(10)9(2)3/h8-9,12H,4-7H2,1-3H3. The van der Waals surface area contributed by atoms with Crippen LogP contribution in [0.25, 0.3) is 0 Å². The molecule has 0 aliphatic carbocycles. The number of rotatable bonds is 8. The molecule has 2 aromatic rings. The van der Waals surface area contributed by atoms with Crippen LogP contribution in [0.1, 0.15) is 32.6 Å². The molecule has 0 aromatic carbocycles. The van der Waals surface area contributed by atoms with Gasteiger partial charge in [0.2, 0.25) is 5.16 Å². The Hall–Kier alpha value is -1.48. The molecular formula is C11H20N8S. The predicted molar refractivity (Wildman–Crippen MR) is 76.3 cm³/mol. The quantitative estimate of drug-likeness (QED) is 0.568. The van der Waals surface area contributed by atoms with Crippen LogP contribution < -0.4 is 5.32 Å². The molecule has 0 saturated carbocycles. The zero-order chi connectivity index (χ0) is 14.4. The summed E-state index contributed by atoms with van der Waals surface area (Å²) in [5, 5.41) is 20.1. The van der Waals surface area contributed by atoms with E-state index in [1.807, 2.05) is 9.36 Å². The van der Waals surface area contributed by atoms with Gasteiger partial charge in [-0.1, -0.05) is 18.7 Å². The number of nitrogens with one attached hydrogen (secondary N) is 1. The van der Waals surface area contributed by atoms with E-state index < -0.39 is 0 Å². The molecule has 0 spiro atoms. The molecule has 20 heavy (non-hydrogen) atoms. The maximum atomic E-state index is 4.28. The predicted octanol–water partition coefficient (Wildman–Crippen LogP) is 0.747. The van der Waals surface area contributed by atoms with Crippen molar-refractivity contribution in [3.63, 3.8) is 0 Å². The molecular weight excluding hydrogens is 276 g/mol. The van der Waals surface area contributed by atoms with Crippen molar-refractivity contribution in [3.05, 3.63) is 12.2 Å². The Kier molecular flexibility index (Phi) is 5.48. The van der Waals surface area contributed by atoms with E-state index in [9.17, 15) is 0 Å². The third-order valence-electron chi connectivity index (χ3n) is 2.72. The highest BCUT2D eigenvalue weighted by atomic mass is 32.2. The molecule has 0 radical (unpaired) electrons. The van der Waals surface area contributed by atoms with Gasteiger partial charge in [-0.25, -0.2) is 14.3 Å².